The lowest BCUT2D eigenvalue weighted by atomic mass is 9.91. The molecule has 0 saturated heterocycles. The molecular formula is C25H29N5O3. The quantitative estimate of drug-likeness (QED) is 0.470. The number of anilines is 3. The molecule has 0 aromatic carbocycles. The van der Waals surface area contributed by atoms with Gasteiger partial charge in [0.1, 0.15) is 23.6 Å². The lowest BCUT2D eigenvalue weighted by molar-refractivity contribution is 0.0235. The Morgan fingerprint density at radius 3 is 2.67 bits per heavy atom. The summed E-state index contributed by atoms with van der Waals surface area (Å²) in [6.45, 7) is 7.63. The Hall–Kier alpha value is -3.26. The molecule has 3 atom stereocenters. The minimum atomic E-state index is -1.02. The minimum absolute atomic E-state index is 0.00241. The fourth-order valence-electron chi connectivity index (χ4n) is 4.11. The molecule has 1 fully saturated rings. The highest BCUT2D eigenvalue weighted by Crippen LogP contribution is 2.36. The van der Waals surface area contributed by atoms with Crippen LogP contribution < -0.4 is 10.6 Å². The zero-order valence-corrected chi connectivity index (χ0v) is 19.3. The number of aromatic nitrogens is 3. The number of carbonyl (C=O) groups excluding carboxylic acids is 1. The Balaban J connectivity index is 1.54. The standard InChI is InChI=1S/C25H29N5O3/c1-5-25(4,32)19-12-27-23(28-15-6-7-15)18-11-26-21(10-17(18)19)29-20-9-8-16-22(30-20)13(2)14(3)33-24(16)31/h8-15,32H,5-7H2,1-4H3,(H,27,28)(H,26,29,30)/t13-,14-,25+/m0/s1. The van der Waals surface area contributed by atoms with E-state index in [1.807, 2.05) is 26.8 Å². The largest absolute Gasteiger partial charge is 0.458 e. The first-order valence-corrected chi connectivity index (χ1v) is 11.5. The highest BCUT2D eigenvalue weighted by atomic mass is 16.5. The van der Waals surface area contributed by atoms with Crippen LogP contribution in [0.4, 0.5) is 17.5 Å². The van der Waals surface area contributed by atoms with Crippen molar-refractivity contribution in [3.8, 4) is 0 Å². The number of fused-ring (bicyclic) bond motifs is 2. The van der Waals surface area contributed by atoms with Gasteiger partial charge in [-0.15, -0.1) is 0 Å². The van der Waals surface area contributed by atoms with Crippen LogP contribution in [0.15, 0.2) is 30.6 Å². The summed E-state index contributed by atoms with van der Waals surface area (Å²) in [7, 11) is 0. The molecule has 1 saturated carbocycles. The smallest absolute Gasteiger partial charge is 0.340 e. The molecule has 3 N–H and O–H groups in total. The molecule has 0 spiro atoms. The van der Waals surface area contributed by atoms with Crippen LogP contribution in [0.2, 0.25) is 0 Å². The van der Waals surface area contributed by atoms with Crippen LogP contribution in [0.1, 0.15) is 74.5 Å². The molecule has 2 aliphatic rings. The van der Waals surface area contributed by atoms with Crippen molar-refractivity contribution in [3.05, 3.63) is 47.4 Å². The van der Waals surface area contributed by atoms with Gasteiger partial charge in [-0.3, -0.25) is 0 Å². The molecular weight excluding hydrogens is 418 g/mol. The van der Waals surface area contributed by atoms with Crippen molar-refractivity contribution in [1.82, 2.24) is 15.0 Å². The normalized spacial score (nSPS) is 21.8. The summed E-state index contributed by atoms with van der Waals surface area (Å²) in [5, 5.41) is 19.5. The molecule has 172 valence electrons. The second-order valence-corrected chi connectivity index (χ2v) is 9.34. The van der Waals surface area contributed by atoms with Gasteiger partial charge in [0.15, 0.2) is 0 Å². The van der Waals surface area contributed by atoms with E-state index in [0.717, 1.165) is 40.7 Å². The highest BCUT2D eigenvalue weighted by molar-refractivity contribution is 5.96. The van der Waals surface area contributed by atoms with Crippen LogP contribution in [-0.2, 0) is 10.3 Å². The molecule has 0 amide bonds. The number of nitrogens with one attached hydrogen (secondary N) is 2. The first-order valence-electron chi connectivity index (χ1n) is 11.5. The number of ether oxygens (including phenoxy) is 1. The van der Waals surface area contributed by atoms with Crippen LogP contribution in [0, 0.1) is 0 Å². The number of aliphatic hydroxyl groups is 1. The van der Waals surface area contributed by atoms with Crippen LogP contribution >= 0.6 is 0 Å². The van der Waals surface area contributed by atoms with Crippen LogP contribution in [-0.4, -0.2) is 38.2 Å². The maximum atomic E-state index is 12.2. The van der Waals surface area contributed by atoms with E-state index in [1.54, 1.807) is 31.5 Å². The monoisotopic (exact) mass is 447 g/mol. The van der Waals surface area contributed by atoms with Gasteiger partial charge in [0, 0.05) is 35.3 Å². The van der Waals surface area contributed by atoms with Gasteiger partial charge in [0.25, 0.3) is 0 Å². The Kier molecular flexibility index (Phi) is 5.20. The Labute approximate surface area is 192 Å². The van der Waals surface area contributed by atoms with Crippen LogP contribution in [0.3, 0.4) is 0 Å². The average Bonchev–Trinajstić information content (AvgIpc) is 3.61. The van der Waals surface area contributed by atoms with Gasteiger partial charge in [-0.2, -0.15) is 0 Å². The molecule has 0 unspecified atom stereocenters. The molecule has 33 heavy (non-hydrogen) atoms. The second-order valence-electron chi connectivity index (χ2n) is 9.34. The zero-order valence-electron chi connectivity index (χ0n) is 19.3. The average molecular weight is 448 g/mol. The Morgan fingerprint density at radius 1 is 1.15 bits per heavy atom. The molecule has 4 heterocycles. The van der Waals surface area contributed by atoms with Gasteiger partial charge in [0.2, 0.25) is 0 Å². The predicted octanol–water partition coefficient (Wildman–Crippen LogP) is 4.62. The summed E-state index contributed by atoms with van der Waals surface area (Å²) >= 11 is 0. The third-order valence-corrected chi connectivity index (χ3v) is 6.79. The molecule has 0 bridgehead atoms. The summed E-state index contributed by atoms with van der Waals surface area (Å²) in [6.07, 6.45) is 6.15. The van der Waals surface area contributed by atoms with E-state index in [-0.39, 0.29) is 18.0 Å². The number of nitrogens with zero attached hydrogens (tertiary/aromatic N) is 3. The molecule has 0 radical (unpaired) electrons. The molecule has 1 aliphatic heterocycles. The summed E-state index contributed by atoms with van der Waals surface area (Å²) < 4.78 is 5.38. The third kappa shape index (κ3) is 3.99. The lowest BCUT2D eigenvalue weighted by Gasteiger charge is -2.27. The van der Waals surface area contributed by atoms with Gasteiger partial charge in [-0.05, 0) is 56.7 Å². The van der Waals surface area contributed by atoms with Crippen molar-refractivity contribution < 1.29 is 14.6 Å². The summed E-state index contributed by atoms with van der Waals surface area (Å²) in [4.78, 5) is 26.1. The first-order chi connectivity index (χ1) is 15.8. The summed E-state index contributed by atoms with van der Waals surface area (Å²) in [6, 6.07) is 5.87. The van der Waals surface area contributed by atoms with E-state index in [1.165, 1.54) is 0 Å². The van der Waals surface area contributed by atoms with E-state index in [0.29, 0.717) is 29.7 Å². The summed E-state index contributed by atoms with van der Waals surface area (Å²) in [5.74, 6) is 1.65. The van der Waals surface area contributed by atoms with Gasteiger partial charge >= 0.3 is 5.97 Å². The van der Waals surface area contributed by atoms with Crippen molar-refractivity contribution >= 4 is 34.2 Å². The summed E-state index contributed by atoms with van der Waals surface area (Å²) in [5.41, 5.74) is 0.966. The van der Waals surface area contributed by atoms with Gasteiger partial charge in [0.05, 0.1) is 16.9 Å². The van der Waals surface area contributed by atoms with Crippen molar-refractivity contribution in [2.45, 2.75) is 70.6 Å². The van der Waals surface area contributed by atoms with Gasteiger partial charge in [-0.25, -0.2) is 19.7 Å². The van der Waals surface area contributed by atoms with E-state index in [4.69, 9.17) is 9.72 Å². The predicted molar refractivity (Wildman–Crippen MR) is 127 cm³/mol. The highest BCUT2D eigenvalue weighted by Gasteiger charge is 2.32. The molecule has 8 nitrogen and oxygen atoms in total. The maximum absolute atomic E-state index is 12.2. The molecule has 8 heteroatoms. The number of rotatable bonds is 6. The SMILES string of the molecule is CC[C@@](C)(O)c1cnc(NC2CC2)c2cnc(Nc3ccc4c(n3)[C@@H](C)[C@H](C)OC4=O)cc12. The van der Waals surface area contributed by atoms with Crippen molar-refractivity contribution in [3.63, 3.8) is 0 Å². The fourth-order valence-corrected chi connectivity index (χ4v) is 4.11. The minimum Gasteiger partial charge on any atom is -0.458 e. The maximum Gasteiger partial charge on any atom is 0.340 e. The van der Waals surface area contributed by atoms with Crippen molar-refractivity contribution in [2.24, 2.45) is 0 Å². The number of carbonyl (C=O) groups is 1. The fraction of sp³-hybridized carbons (Fsp3) is 0.440. The molecule has 1 aliphatic carbocycles. The van der Waals surface area contributed by atoms with E-state index in [2.05, 4.69) is 20.6 Å². The van der Waals surface area contributed by atoms with Crippen LogP contribution in [0.25, 0.3) is 10.8 Å². The Morgan fingerprint density at radius 2 is 1.94 bits per heavy atom. The van der Waals surface area contributed by atoms with Crippen LogP contribution in [0.5, 0.6) is 0 Å². The topological polar surface area (TPSA) is 109 Å². The van der Waals surface area contributed by atoms with Crippen molar-refractivity contribution in [1.29, 1.82) is 0 Å². The number of cyclic esters (lactones) is 1. The van der Waals surface area contributed by atoms with E-state index >= 15 is 0 Å². The zero-order chi connectivity index (χ0) is 23.3. The number of hydrogen-bond acceptors (Lipinski definition) is 8. The number of hydrogen-bond donors (Lipinski definition) is 3. The second kappa shape index (κ2) is 7.95. The number of esters is 1. The lowest BCUT2D eigenvalue weighted by Crippen LogP contribution is -2.29. The first kappa shape index (κ1) is 21.6. The Bertz CT molecular complexity index is 1240. The molecule has 3 aromatic heterocycles. The van der Waals surface area contributed by atoms with Crippen molar-refractivity contribution in [2.75, 3.05) is 10.6 Å². The molecule has 3 aromatic rings. The number of pyridine rings is 3. The van der Waals surface area contributed by atoms with Gasteiger partial charge in [-0.1, -0.05) is 13.8 Å². The van der Waals surface area contributed by atoms with E-state index < -0.39 is 5.60 Å². The molecule has 5 rings (SSSR count). The van der Waals surface area contributed by atoms with Gasteiger partial charge < -0.3 is 20.5 Å². The third-order valence-electron chi connectivity index (χ3n) is 6.79. The van der Waals surface area contributed by atoms with E-state index in [9.17, 15) is 9.90 Å².